The molecule has 7 heteroatoms. The van der Waals surface area contributed by atoms with E-state index in [1.54, 1.807) is 10.9 Å². The van der Waals surface area contributed by atoms with Crippen LogP contribution in [0, 0.1) is 0 Å². The molecule has 0 bridgehead atoms. The first-order valence-corrected chi connectivity index (χ1v) is 11.6. The van der Waals surface area contributed by atoms with Crippen LogP contribution in [0.1, 0.15) is 21.6 Å². The molecule has 1 saturated heterocycles. The predicted octanol–water partition coefficient (Wildman–Crippen LogP) is 3.90. The van der Waals surface area contributed by atoms with E-state index in [1.807, 2.05) is 42.5 Å². The van der Waals surface area contributed by atoms with Crippen molar-refractivity contribution in [2.75, 3.05) is 36.4 Å². The van der Waals surface area contributed by atoms with Crippen LogP contribution >= 0.6 is 0 Å². The van der Waals surface area contributed by atoms with Crippen molar-refractivity contribution in [1.82, 2.24) is 19.9 Å². The second kappa shape index (κ2) is 10.3. The number of hydrogen-bond donors (Lipinski definition) is 1. The van der Waals surface area contributed by atoms with Gasteiger partial charge in [-0.3, -0.25) is 9.69 Å². The SMILES string of the molecule is O=C(Nc1ccc(N2CCN(Cc3ccccc3)CC2)cc1)c1cn(Cc2ccccc2)nn1. The second-order valence-corrected chi connectivity index (χ2v) is 8.54. The molecule has 0 unspecified atom stereocenters. The lowest BCUT2D eigenvalue weighted by Gasteiger charge is -2.36. The van der Waals surface area contributed by atoms with E-state index < -0.39 is 0 Å². The number of benzene rings is 3. The van der Waals surface area contributed by atoms with Crippen LogP contribution in [0.4, 0.5) is 11.4 Å². The molecule has 0 saturated carbocycles. The number of anilines is 2. The third-order valence-electron chi connectivity index (χ3n) is 6.07. The number of amides is 1. The molecule has 0 atom stereocenters. The van der Waals surface area contributed by atoms with Crippen LogP contribution in [0.25, 0.3) is 0 Å². The zero-order valence-electron chi connectivity index (χ0n) is 19.0. The summed E-state index contributed by atoms with van der Waals surface area (Å²) in [6.45, 7) is 5.62. The van der Waals surface area contributed by atoms with Gasteiger partial charge in [0.1, 0.15) is 0 Å². The maximum absolute atomic E-state index is 12.6. The molecule has 0 aliphatic carbocycles. The Hall–Kier alpha value is -3.97. The van der Waals surface area contributed by atoms with E-state index in [0.29, 0.717) is 12.2 Å². The Morgan fingerprint density at radius 2 is 1.38 bits per heavy atom. The highest BCUT2D eigenvalue weighted by Crippen LogP contribution is 2.20. The van der Waals surface area contributed by atoms with Crippen LogP contribution < -0.4 is 10.2 Å². The topological polar surface area (TPSA) is 66.3 Å². The average molecular weight is 453 g/mol. The Morgan fingerprint density at radius 1 is 0.765 bits per heavy atom. The number of hydrogen-bond acceptors (Lipinski definition) is 5. The maximum Gasteiger partial charge on any atom is 0.277 e. The van der Waals surface area contributed by atoms with Crippen LogP contribution in [-0.2, 0) is 13.1 Å². The third-order valence-corrected chi connectivity index (χ3v) is 6.07. The van der Waals surface area contributed by atoms with E-state index >= 15 is 0 Å². The molecule has 1 aliphatic heterocycles. The first kappa shape index (κ1) is 21.9. The predicted molar refractivity (Wildman–Crippen MR) is 134 cm³/mol. The number of nitrogens with one attached hydrogen (secondary N) is 1. The Bertz CT molecular complexity index is 1200. The van der Waals surface area contributed by atoms with Crippen molar-refractivity contribution < 1.29 is 4.79 Å². The molecule has 172 valence electrons. The number of piperazine rings is 1. The minimum Gasteiger partial charge on any atom is -0.369 e. The van der Waals surface area contributed by atoms with E-state index in [4.69, 9.17) is 0 Å². The van der Waals surface area contributed by atoms with Crippen molar-refractivity contribution in [1.29, 1.82) is 0 Å². The first-order valence-electron chi connectivity index (χ1n) is 11.6. The summed E-state index contributed by atoms with van der Waals surface area (Å²) in [5.41, 5.74) is 4.68. The van der Waals surface area contributed by atoms with Gasteiger partial charge in [0, 0.05) is 44.1 Å². The summed E-state index contributed by atoms with van der Waals surface area (Å²) < 4.78 is 1.67. The lowest BCUT2D eigenvalue weighted by atomic mass is 10.2. The normalized spacial score (nSPS) is 14.2. The first-order chi connectivity index (χ1) is 16.7. The third kappa shape index (κ3) is 5.50. The number of aromatic nitrogens is 3. The standard InChI is InChI=1S/C27H28N6O/c34-27(26-21-33(30-29-26)20-23-9-5-2-6-10-23)28-24-11-13-25(14-12-24)32-17-15-31(16-18-32)19-22-7-3-1-4-8-22/h1-14,21H,15-20H2,(H,28,34). The van der Waals surface area contributed by atoms with Gasteiger partial charge in [0.15, 0.2) is 5.69 Å². The van der Waals surface area contributed by atoms with Gasteiger partial charge in [-0.25, -0.2) is 4.68 Å². The summed E-state index contributed by atoms with van der Waals surface area (Å²) in [6.07, 6.45) is 1.67. The fraction of sp³-hybridized carbons (Fsp3) is 0.222. The van der Waals surface area contributed by atoms with Crippen LogP contribution in [0.3, 0.4) is 0 Å². The van der Waals surface area contributed by atoms with Crippen molar-refractivity contribution in [2.45, 2.75) is 13.1 Å². The van der Waals surface area contributed by atoms with Crippen molar-refractivity contribution >= 4 is 17.3 Å². The van der Waals surface area contributed by atoms with Crippen molar-refractivity contribution in [3.05, 3.63) is 108 Å². The molecule has 0 radical (unpaired) electrons. The number of carbonyl (C=O) groups excluding carboxylic acids is 1. The summed E-state index contributed by atoms with van der Waals surface area (Å²) in [6, 6.07) is 28.6. The van der Waals surface area contributed by atoms with Gasteiger partial charge in [0.2, 0.25) is 0 Å². The van der Waals surface area contributed by atoms with Gasteiger partial charge in [-0.1, -0.05) is 65.9 Å². The highest BCUT2D eigenvalue weighted by Gasteiger charge is 2.18. The van der Waals surface area contributed by atoms with Crippen LogP contribution in [0.5, 0.6) is 0 Å². The fourth-order valence-corrected chi connectivity index (χ4v) is 4.21. The molecule has 3 aromatic carbocycles. The van der Waals surface area contributed by atoms with Crippen LogP contribution in [0.15, 0.2) is 91.1 Å². The smallest absolute Gasteiger partial charge is 0.277 e. The minimum atomic E-state index is -0.262. The monoisotopic (exact) mass is 452 g/mol. The Labute approximate surface area is 199 Å². The van der Waals surface area contributed by atoms with Gasteiger partial charge in [-0.2, -0.15) is 0 Å². The molecular formula is C27H28N6O. The highest BCUT2D eigenvalue weighted by atomic mass is 16.2. The van der Waals surface area contributed by atoms with E-state index in [2.05, 4.69) is 67.9 Å². The molecule has 2 heterocycles. The molecule has 1 aliphatic rings. The average Bonchev–Trinajstić information content (AvgIpc) is 3.35. The number of nitrogens with zero attached hydrogens (tertiary/aromatic N) is 5. The van der Waals surface area contributed by atoms with Crippen LogP contribution in [0.2, 0.25) is 0 Å². The minimum absolute atomic E-state index is 0.262. The van der Waals surface area contributed by atoms with E-state index in [9.17, 15) is 4.79 Å². The Kier molecular flexibility index (Phi) is 6.63. The van der Waals surface area contributed by atoms with E-state index in [0.717, 1.165) is 44.0 Å². The highest BCUT2D eigenvalue weighted by molar-refractivity contribution is 6.02. The van der Waals surface area contributed by atoms with Crippen LogP contribution in [-0.4, -0.2) is 52.0 Å². The van der Waals surface area contributed by atoms with E-state index in [1.165, 1.54) is 11.3 Å². The van der Waals surface area contributed by atoms with Crippen molar-refractivity contribution in [3.8, 4) is 0 Å². The number of rotatable bonds is 7. The molecule has 1 fully saturated rings. The van der Waals surface area contributed by atoms with Crippen molar-refractivity contribution in [2.24, 2.45) is 0 Å². The van der Waals surface area contributed by atoms with Crippen molar-refractivity contribution in [3.63, 3.8) is 0 Å². The van der Waals surface area contributed by atoms with Gasteiger partial charge in [0.25, 0.3) is 5.91 Å². The number of carbonyl (C=O) groups is 1. The molecule has 1 amide bonds. The fourth-order valence-electron chi connectivity index (χ4n) is 4.21. The van der Waals surface area contributed by atoms with Gasteiger partial charge in [-0.05, 0) is 35.4 Å². The maximum atomic E-state index is 12.6. The molecule has 7 nitrogen and oxygen atoms in total. The molecular weight excluding hydrogens is 424 g/mol. The molecule has 34 heavy (non-hydrogen) atoms. The van der Waals surface area contributed by atoms with Gasteiger partial charge < -0.3 is 10.2 Å². The molecule has 0 spiro atoms. The molecule has 5 rings (SSSR count). The summed E-state index contributed by atoms with van der Waals surface area (Å²) in [5.74, 6) is -0.262. The summed E-state index contributed by atoms with van der Waals surface area (Å²) in [7, 11) is 0. The molecule has 4 aromatic rings. The zero-order chi connectivity index (χ0) is 23.2. The Morgan fingerprint density at radius 3 is 2.03 bits per heavy atom. The molecule has 1 aromatic heterocycles. The summed E-state index contributed by atoms with van der Waals surface area (Å²) in [4.78, 5) is 17.5. The quantitative estimate of drug-likeness (QED) is 0.461. The molecule has 1 N–H and O–H groups in total. The van der Waals surface area contributed by atoms with E-state index in [-0.39, 0.29) is 5.91 Å². The summed E-state index contributed by atoms with van der Waals surface area (Å²) >= 11 is 0. The Balaban J connectivity index is 1.13. The largest absolute Gasteiger partial charge is 0.369 e. The van der Waals surface area contributed by atoms with Gasteiger partial charge in [0.05, 0.1) is 12.7 Å². The van der Waals surface area contributed by atoms with Gasteiger partial charge >= 0.3 is 0 Å². The zero-order valence-corrected chi connectivity index (χ0v) is 19.0. The lowest BCUT2D eigenvalue weighted by Crippen LogP contribution is -2.45. The lowest BCUT2D eigenvalue weighted by molar-refractivity contribution is 0.102. The second-order valence-electron chi connectivity index (χ2n) is 8.54. The van der Waals surface area contributed by atoms with Gasteiger partial charge in [-0.15, -0.1) is 5.10 Å². The summed E-state index contributed by atoms with van der Waals surface area (Å²) in [5, 5.41) is 11.0.